The second-order valence-corrected chi connectivity index (χ2v) is 6.39. The Kier molecular flexibility index (Phi) is 3.90. The van der Waals surface area contributed by atoms with Crippen LogP contribution in [-0.2, 0) is 4.79 Å². The molecule has 0 radical (unpaired) electrons. The van der Waals surface area contributed by atoms with E-state index in [2.05, 4.69) is 0 Å². The number of aromatic carboxylic acids is 1. The summed E-state index contributed by atoms with van der Waals surface area (Å²) in [5.41, 5.74) is 0.161. The van der Waals surface area contributed by atoms with Gasteiger partial charge in [-0.2, -0.15) is 0 Å². The van der Waals surface area contributed by atoms with Gasteiger partial charge in [-0.05, 0) is 38.1 Å². The summed E-state index contributed by atoms with van der Waals surface area (Å²) in [6.07, 6.45) is 0. The van der Waals surface area contributed by atoms with Gasteiger partial charge in [0.05, 0.1) is 5.56 Å². The SMILES string of the molecule is CC(C)(I)C(=O)Oc1ccc(C(=O)O)cc1. The molecule has 1 aromatic rings. The number of halogens is 1. The van der Waals surface area contributed by atoms with E-state index < -0.39 is 9.39 Å². The molecule has 0 amide bonds. The van der Waals surface area contributed by atoms with Gasteiger partial charge in [0.25, 0.3) is 0 Å². The number of carboxylic acid groups (broad SMARTS) is 1. The summed E-state index contributed by atoms with van der Waals surface area (Å²) in [7, 11) is 0. The molecule has 1 N–H and O–H groups in total. The molecule has 0 aliphatic rings. The first-order valence-electron chi connectivity index (χ1n) is 4.55. The summed E-state index contributed by atoms with van der Waals surface area (Å²) in [4.78, 5) is 22.1. The third kappa shape index (κ3) is 3.48. The predicted octanol–water partition coefficient (Wildman–Crippen LogP) is 2.50. The molecule has 0 aromatic heterocycles. The Morgan fingerprint density at radius 1 is 1.25 bits per heavy atom. The zero-order valence-electron chi connectivity index (χ0n) is 8.86. The molecular formula is C11H11IO4. The first-order valence-corrected chi connectivity index (χ1v) is 5.63. The number of rotatable bonds is 3. The fourth-order valence-electron chi connectivity index (χ4n) is 0.894. The van der Waals surface area contributed by atoms with E-state index in [1.807, 2.05) is 22.6 Å². The highest BCUT2D eigenvalue weighted by atomic mass is 127. The molecule has 0 saturated heterocycles. The van der Waals surface area contributed by atoms with Crippen molar-refractivity contribution in [2.75, 3.05) is 0 Å². The third-order valence-corrected chi connectivity index (χ3v) is 2.24. The van der Waals surface area contributed by atoms with E-state index in [-0.39, 0.29) is 11.5 Å². The van der Waals surface area contributed by atoms with Crippen molar-refractivity contribution in [3.05, 3.63) is 29.8 Å². The Hall–Kier alpha value is -1.11. The largest absolute Gasteiger partial charge is 0.478 e. The van der Waals surface area contributed by atoms with Crippen molar-refractivity contribution in [3.63, 3.8) is 0 Å². The maximum absolute atomic E-state index is 11.5. The zero-order valence-corrected chi connectivity index (χ0v) is 11.0. The first kappa shape index (κ1) is 13.0. The standard InChI is InChI=1S/C11H11IO4/c1-11(2,12)10(15)16-8-5-3-7(4-6-8)9(13)14/h3-6H,1-2H3,(H,13,14). The number of carboxylic acids is 1. The lowest BCUT2D eigenvalue weighted by atomic mass is 10.2. The molecule has 1 rings (SSSR count). The van der Waals surface area contributed by atoms with Crippen LogP contribution in [0, 0.1) is 0 Å². The van der Waals surface area contributed by atoms with Crippen molar-refractivity contribution in [1.29, 1.82) is 0 Å². The van der Waals surface area contributed by atoms with Crippen LogP contribution in [0.5, 0.6) is 5.75 Å². The number of hydrogen-bond acceptors (Lipinski definition) is 3. The molecule has 4 nitrogen and oxygen atoms in total. The molecule has 86 valence electrons. The lowest BCUT2D eigenvalue weighted by molar-refractivity contribution is -0.135. The van der Waals surface area contributed by atoms with Crippen molar-refractivity contribution in [3.8, 4) is 5.75 Å². The van der Waals surface area contributed by atoms with Gasteiger partial charge < -0.3 is 9.84 Å². The molecule has 0 aliphatic heterocycles. The number of carbonyl (C=O) groups excluding carboxylic acids is 1. The molecule has 0 spiro atoms. The Morgan fingerprint density at radius 2 is 1.75 bits per heavy atom. The summed E-state index contributed by atoms with van der Waals surface area (Å²) in [6.45, 7) is 3.48. The molecule has 0 atom stereocenters. The Morgan fingerprint density at radius 3 is 2.12 bits per heavy atom. The maximum atomic E-state index is 11.5. The van der Waals surface area contributed by atoms with Crippen molar-refractivity contribution in [2.45, 2.75) is 17.3 Å². The number of esters is 1. The lowest BCUT2D eigenvalue weighted by Gasteiger charge is -2.14. The highest BCUT2D eigenvalue weighted by Gasteiger charge is 2.25. The van der Waals surface area contributed by atoms with Gasteiger partial charge in [0.1, 0.15) is 9.17 Å². The number of ether oxygens (including phenoxy) is 1. The topological polar surface area (TPSA) is 63.6 Å². The maximum Gasteiger partial charge on any atom is 0.335 e. The summed E-state index contributed by atoms with van der Waals surface area (Å²) >= 11 is 1.98. The number of benzene rings is 1. The smallest absolute Gasteiger partial charge is 0.335 e. The fourth-order valence-corrected chi connectivity index (χ4v) is 1.00. The van der Waals surface area contributed by atoms with Crippen LogP contribution in [0.3, 0.4) is 0 Å². The van der Waals surface area contributed by atoms with E-state index in [0.29, 0.717) is 5.75 Å². The monoisotopic (exact) mass is 334 g/mol. The van der Waals surface area contributed by atoms with Gasteiger partial charge in [-0.25, -0.2) is 4.79 Å². The highest BCUT2D eigenvalue weighted by molar-refractivity contribution is 14.1. The third-order valence-electron chi connectivity index (χ3n) is 1.80. The van der Waals surface area contributed by atoms with Crippen LogP contribution in [0.25, 0.3) is 0 Å². The highest BCUT2D eigenvalue weighted by Crippen LogP contribution is 2.21. The summed E-state index contributed by atoms with van der Waals surface area (Å²) in [5.74, 6) is -1.02. The molecule has 1 aromatic carbocycles. The van der Waals surface area contributed by atoms with E-state index >= 15 is 0 Å². The van der Waals surface area contributed by atoms with Crippen LogP contribution < -0.4 is 4.74 Å². The minimum absolute atomic E-state index is 0.161. The van der Waals surface area contributed by atoms with Crippen LogP contribution in [0.4, 0.5) is 0 Å². The number of alkyl halides is 1. The lowest BCUT2D eigenvalue weighted by Crippen LogP contribution is -2.28. The zero-order chi connectivity index (χ0) is 12.3. The molecule has 0 bridgehead atoms. The molecule has 0 saturated carbocycles. The normalized spacial score (nSPS) is 10.9. The van der Waals surface area contributed by atoms with E-state index in [4.69, 9.17) is 9.84 Å². The van der Waals surface area contributed by atoms with Crippen LogP contribution in [0.2, 0.25) is 0 Å². The number of hydrogen-bond donors (Lipinski definition) is 1. The fraction of sp³-hybridized carbons (Fsp3) is 0.273. The van der Waals surface area contributed by atoms with Gasteiger partial charge in [0.2, 0.25) is 0 Å². The van der Waals surface area contributed by atoms with Gasteiger partial charge in [-0.1, -0.05) is 22.6 Å². The molecule has 0 fully saturated rings. The van der Waals surface area contributed by atoms with E-state index in [1.54, 1.807) is 13.8 Å². The van der Waals surface area contributed by atoms with Crippen molar-refractivity contribution < 1.29 is 19.4 Å². The van der Waals surface area contributed by atoms with Crippen molar-refractivity contribution in [1.82, 2.24) is 0 Å². The van der Waals surface area contributed by atoms with Crippen molar-refractivity contribution in [2.24, 2.45) is 0 Å². The second kappa shape index (κ2) is 4.82. The molecule has 0 unspecified atom stereocenters. The Labute approximate surface area is 107 Å². The van der Waals surface area contributed by atoms with Gasteiger partial charge in [-0.3, -0.25) is 4.79 Å². The second-order valence-electron chi connectivity index (χ2n) is 3.69. The van der Waals surface area contributed by atoms with Crippen LogP contribution in [-0.4, -0.2) is 20.5 Å². The van der Waals surface area contributed by atoms with Crippen molar-refractivity contribution >= 4 is 34.5 Å². The Balaban J connectivity index is 2.77. The van der Waals surface area contributed by atoms with Gasteiger partial charge in [-0.15, -0.1) is 0 Å². The molecule has 0 aliphatic carbocycles. The van der Waals surface area contributed by atoms with Gasteiger partial charge in [0, 0.05) is 0 Å². The molecular weight excluding hydrogens is 323 g/mol. The summed E-state index contributed by atoms with van der Waals surface area (Å²) in [6, 6.07) is 5.71. The average Bonchev–Trinajstić information content (AvgIpc) is 2.17. The average molecular weight is 334 g/mol. The minimum Gasteiger partial charge on any atom is -0.478 e. The quantitative estimate of drug-likeness (QED) is 0.399. The summed E-state index contributed by atoms with van der Waals surface area (Å²) in [5, 5.41) is 8.68. The molecule has 5 heteroatoms. The van der Waals surface area contributed by atoms with E-state index in [1.165, 1.54) is 24.3 Å². The van der Waals surface area contributed by atoms with E-state index in [9.17, 15) is 9.59 Å². The van der Waals surface area contributed by atoms with Gasteiger partial charge in [0.15, 0.2) is 0 Å². The van der Waals surface area contributed by atoms with Gasteiger partial charge >= 0.3 is 11.9 Å². The van der Waals surface area contributed by atoms with E-state index in [0.717, 1.165) is 0 Å². The first-order chi connectivity index (χ1) is 7.30. The summed E-state index contributed by atoms with van der Waals surface area (Å²) < 4.78 is 4.47. The van der Waals surface area contributed by atoms with Crippen LogP contribution in [0.15, 0.2) is 24.3 Å². The van der Waals surface area contributed by atoms with Crippen LogP contribution in [0.1, 0.15) is 24.2 Å². The van der Waals surface area contributed by atoms with Crippen LogP contribution >= 0.6 is 22.6 Å². The molecule has 0 heterocycles. The predicted molar refractivity (Wildman–Crippen MR) is 67.1 cm³/mol. The minimum atomic E-state index is -1.01. The Bertz CT molecular complexity index is 403. The molecule has 16 heavy (non-hydrogen) atoms. The number of carbonyl (C=O) groups is 2.